The number of esters is 1. The van der Waals surface area contributed by atoms with Gasteiger partial charge in [-0.3, -0.25) is 0 Å². The van der Waals surface area contributed by atoms with E-state index in [9.17, 15) is 4.79 Å². The fraction of sp³-hybridized carbons (Fsp3) is 0.227. The molecule has 0 amide bonds. The van der Waals surface area contributed by atoms with E-state index in [1.165, 1.54) is 0 Å². The van der Waals surface area contributed by atoms with Crippen molar-refractivity contribution in [3.63, 3.8) is 0 Å². The first kappa shape index (κ1) is 16.6. The molecule has 0 aromatic heterocycles. The summed E-state index contributed by atoms with van der Waals surface area (Å²) in [6, 6.07) is 19.8. The molecular formula is C22H20O4. The van der Waals surface area contributed by atoms with Gasteiger partial charge in [0.05, 0.1) is 13.2 Å². The summed E-state index contributed by atoms with van der Waals surface area (Å²) in [5.74, 6) is -0.807. The normalized spacial score (nSPS) is 15.2. The van der Waals surface area contributed by atoms with Crippen molar-refractivity contribution < 1.29 is 19.0 Å². The second-order valence-electron chi connectivity index (χ2n) is 6.82. The zero-order chi connectivity index (χ0) is 18.1. The first-order valence-electron chi connectivity index (χ1n) is 8.62. The molecule has 26 heavy (non-hydrogen) atoms. The largest absolute Gasteiger partial charge is 0.452 e. The van der Waals surface area contributed by atoms with E-state index in [2.05, 4.69) is 0 Å². The number of hydrogen-bond acceptors (Lipinski definition) is 4. The Kier molecular flexibility index (Phi) is 4.13. The van der Waals surface area contributed by atoms with E-state index in [4.69, 9.17) is 14.2 Å². The number of rotatable bonds is 4. The van der Waals surface area contributed by atoms with Crippen molar-refractivity contribution in [2.45, 2.75) is 32.8 Å². The van der Waals surface area contributed by atoms with Crippen LogP contribution in [-0.2, 0) is 22.7 Å². The molecule has 3 aromatic rings. The zero-order valence-corrected chi connectivity index (χ0v) is 14.8. The highest BCUT2D eigenvalue weighted by Gasteiger charge is 2.36. The SMILES string of the molecule is CC1(C)OC(=O)c2c(cc3ccccc3c2COCc2ccccc2)O1. The lowest BCUT2D eigenvalue weighted by atomic mass is 9.97. The van der Waals surface area contributed by atoms with Gasteiger partial charge in [0, 0.05) is 19.4 Å². The van der Waals surface area contributed by atoms with E-state index >= 15 is 0 Å². The van der Waals surface area contributed by atoms with Gasteiger partial charge in [0.2, 0.25) is 5.79 Å². The summed E-state index contributed by atoms with van der Waals surface area (Å²) in [4.78, 5) is 12.6. The number of benzene rings is 3. The Hall–Kier alpha value is -2.85. The lowest BCUT2D eigenvalue weighted by Gasteiger charge is -2.33. The topological polar surface area (TPSA) is 44.8 Å². The molecule has 0 bridgehead atoms. The summed E-state index contributed by atoms with van der Waals surface area (Å²) in [6.45, 7) is 4.24. The molecule has 0 saturated heterocycles. The predicted molar refractivity (Wildman–Crippen MR) is 99.0 cm³/mol. The van der Waals surface area contributed by atoms with E-state index in [0.717, 1.165) is 21.9 Å². The summed E-state index contributed by atoms with van der Waals surface area (Å²) < 4.78 is 17.3. The van der Waals surface area contributed by atoms with Crippen LogP contribution in [0.3, 0.4) is 0 Å². The summed E-state index contributed by atoms with van der Waals surface area (Å²) >= 11 is 0. The van der Waals surface area contributed by atoms with Gasteiger partial charge in [0.15, 0.2) is 0 Å². The average Bonchev–Trinajstić information content (AvgIpc) is 2.61. The molecule has 4 heteroatoms. The maximum absolute atomic E-state index is 12.6. The number of fused-ring (bicyclic) bond motifs is 2. The van der Waals surface area contributed by atoms with Crippen LogP contribution in [0.25, 0.3) is 10.8 Å². The van der Waals surface area contributed by atoms with Crippen molar-refractivity contribution >= 4 is 16.7 Å². The lowest BCUT2D eigenvalue weighted by molar-refractivity contribution is -0.127. The van der Waals surface area contributed by atoms with Crippen molar-refractivity contribution in [2.24, 2.45) is 0 Å². The van der Waals surface area contributed by atoms with Gasteiger partial charge in [-0.2, -0.15) is 0 Å². The van der Waals surface area contributed by atoms with E-state index < -0.39 is 5.79 Å². The zero-order valence-electron chi connectivity index (χ0n) is 14.8. The van der Waals surface area contributed by atoms with Crippen LogP contribution in [0, 0.1) is 0 Å². The lowest BCUT2D eigenvalue weighted by Crippen LogP contribution is -2.39. The van der Waals surface area contributed by atoms with Crippen molar-refractivity contribution in [1.29, 1.82) is 0 Å². The third-order valence-corrected chi connectivity index (χ3v) is 4.38. The van der Waals surface area contributed by atoms with Gasteiger partial charge in [-0.25, -0.2) is 4.79 Å². The highest BCUT2D eigenvalue weighted by Crippen LogP contribution is 2.38. The third-order valence-electron chi connectivity index (χ3n) is 4.38. The smallest absolute Gasteiger partial charge is 0.345 e. The summed E-state index contributed by atoms with van der Waals surface area (Å²) in [7, 11) is 0. The number of ether oxygens (including phenoxy) is 3. The Morgan fingerprint density at radius 3 is 2.46 bits per heavy atom. The Balaban J connectivity index is 1.72. The van der Waals surface area contributed by atoms with Gasteiger partial charge < -0.3 is 14.2 Å². The van der Waals surface area contributed by atoms with Gasteiger partial charge in [-0.1, -0.05) is 54.6 Å². The van der Waals surface area contributed by atoms with Crippen molar-refractivity contribution in [3.05, 3.63) is 77.4 Å². The maximum Gasteiger partial charge on any atom is 0.345 e. The van der Waals surface area contributed by atoms with Gasteiger partial charge in [-0.05, 0) is 22.4 Å². The number of hydrogen-bond donors (Lipinski definition) is 0. The predicted octanol–water partition coefficient (Wildman–Crippen LogP) is 4.84. The molecule has 4 nitrogen and oxygen atoms in total. The van der Waals surface area contributed by atoms with Crippen LogP contribution < -0.4 is 4.74 Å². The summed E-state index contributed by atoms with van der Waals surface area (Å²) in [5.41, 5.74) is 2.34. The van der Waals surface area contributed by atoms with Crippen LogP contribution in [0.15, 0.2) is 60.7 Å². The molecule has 0 saturated carbocycles. The van der Waals surface area contributed by atoms with E-state index in [-0.39, 0.29) is 5.97 Å². The molecule has 0 spiro atoms. The molecule has 1 aliphatic rings. The summed E-state index contributed by atoms with van der Waals surface area (Å²) in [5, 5.41) is 1.98. The number of carbonyl (C=O) groups excluding carboxylic acids is 1. The molecule has 0 N–H and O–H groups in total. The van der Waals surface area contributed by atoms with E-state index in [1.807, 2.05) is 60.7 Å². The molecule has 1 heterocycles. The Bertz CT molecular complexity index is 961. The molecule has 0 atom stereocenters. The quantitative estimate of drug-likeness (QED) is 0.633. The second kappa shape index (κ2) is 6.46. The minimum absolute atomic E-state index is 0.303. The van der Waals surface area contributed by atoms with Crippen molar-refractivity contribution in [2.75, 3.05) is 0 Å². The Labute approximate surface area is 152 Å². The number of carbonyl (C=O) groups is 1. The fourth-order valence-electron chi connectivity index (χ4n) is 3.25. The molecule has 0 aliphatic carbocycles. The fourth-order valence-corrected chi connectivity index (χ4v) is 3.25. The van der Waals surface area contributed by atoms with Crippen LogP contribution in [-0.4, -0.2) is 11.8 Å². The highest BCUT2D eigenvalue weighted by molar-refractivity contribution is 6.02. The molecule has 3 aromatic carbocycles. The monoisotopic (exact) mass is 348 g/mol. The van der Waals surface area contributed by atoms with Gasteiger partial charge in [0.25, 0.3) is 0 Å². The molecular weight excluding hydrogens is 328 g/mol. The maximum atomic E-state index is 12.6. The van der Waals surface area contributed by atoms with Gasteiger partial charge in [0.1, 0.15) is 11.3 Å². The Morgan fingerprint density at radius 1 is 0.923 bits per heavy atom. The molecule has 0 unspecified atom stereocenters. The van der Waals surface area contributed by atoms with Crippen LogP contribution in [0.5, 0.6) is 5.75 Å². The van der Waals surface area contributed by atoms with E-state index in [1.54, 1.807) is 13.8 Å². The highest BCUT2D eigenvalue weighted by atomic mass is 16.7. The van der Waals surface area contributed by atoms with E-state index in [0.29, 0.717) is 24.5 Å². The van der Waals surface area contributed by atoms with Crippen LogP contribution in [0.1, 0.15) is 35.3 Å². The first-order valence-corrected chi connectivity index (χ1v) is 8.62. The van der Waals surface area contributed by atoms with Crippen molar-refractivity contribution in [3.8, 4) is 5.75 Å². The molecule has 0 fully saturated rings. The molecule has 132 valence electrons. The standard InChI is InChI=1S/C22H20O4/c1-22(2)25-19-12-16-10-6-7-11-17(16)18(20(19)21(23)26-22)14-24-13-15-8-4-3-5-9-15/h3-12H,13-14H2,1-2H3. The van der Waals surface area contributed by atoms with Gasteiger partial charge in [-0.15, -0.1) is 0 Å². The molecule has 4 rings (SSSR count). The first-order chi connectivity index (χ1) is 12.5. The Morgan fingerprint density at radius 2 is 1.65 bits per heavy atom. The molecule has 1 aliphatic heterocycles. The third kappa shape index (κ3) is 3.16. The minimum Gasteiger partial charge on any atom is -0.452 e. The minimum atomic E-state index is -0.977. The van der Waals surface area contributed by atoms with Crippen LogP contribution >= 0.6 is 0 Å². The van der Waals surface area contributed by atoms with Crippen LogP contribution in [0.4, 0.5) is 0 Å². The second-order valence-corrected chi connectivity index (χ2v) is 6.82. The van der Waals surface area contributed by atoms with Gasteiger partial charge >= 0.3 is 5.97 Å². The van der Waals surface area contributed by atoms with Crippen LogP contribution in [0.2, 0.25) is 0 Å². The average molecular weight is 348 g/mol. The van der Waals surface area contributed by atoms with Crippen molar-refractivity contribution in [1.82, 2.24) is 0 Å². The molecule has 0 radical (unpaired) electrons. The number of cyclic esters (lactones) is 1. The summed E-state index contributed by atoms with van der Waals surface area (Å²) in [6.07, 6.45) is 0.